The highest BCUT2D eigenvalue weighted by Crippen LogP contribution is 2.44. The predicted molar refractivity (Wildman–Crippen MR) is 70.7 cm³/mol. The smallest absolute Gasteiger partial charge is 0.208 e. The number of sulfonamides is 1. The Balaban J connectivity index is 1.77. The van der Waals surface area contributed by atoms with Crippen molar-refractivity contribution in [1.29, 1.82) is 0 Å². The maximum Gasteiger partial charge on any atom is 0.240 e. The highest BCUT2D eigenvalue weighted by Gasteiger charge is 2.41. The van der Waals surface area contributed by atoms with Gasteiger partial charge in [-0.25, -0.2) is 13.1 Å². The lowest BCUT2D eigenvalue weighted by Gasteiger charge is -2.22. The van der Waals surface area contributed by atoms with E-state index in [2.05, 4.69) is 4.72 Å². The van der Waals surface area contributed by atoms with Crippen LogP contribution >= 0.6 is 0 Å². The lowest BCUT2D eigenvalue weighted by Crippen LogP contribution is -2.38. The zero-order valence-corrected chi connectivity index (χ0v) is 11.4. The summed E-state index contributed by atoms with van der Waals surface area (Å²) >= 11 is 0. The van der Waals surface area contributed by atoms with Crippen LogP contribution in [0, 0.1) is 18.8 Å². The fourth-order valence-corrected chi connectivity index (χ4v) is 4.69. The van der Waals surface area contributed by atoms with Crippen molar-refractivity contribution >= 4 is 10.0 Å². The largest absolute Gasteiger partial charge is 0.240 e. The van der Waals surface area contributed by atoms with Gasteiger partial charge in [0, 0.05) is 6.04 Å². The van der Waals surface area contributed by atoms with Crippen LogP contribution in [0.4, 0.5) is 0 Å². The highest BCUT2D eigenvalue weighted by molar-refractivity contribution is 7.89. The molecule has 2 aliphatic carbocycles. The molecule has 2 saturated carbocycles. The third kappa shape index (κ3) is 2.19. The molecule has 2 bridgehead atoms. The molecule has 0 radical (unpaired) electrons. The molecule has 0 heterocycles. The molecular weight excluding hydrogens is 246 g/mol. The van der Waals surface area contributed by atoms with Crippen molar-refractivity contribution in [3.63, 3.8) is 0 Å². The van der Waals surface area contributed by atoms with E-state index in [0.29, 0.717) is 10.8 Å². The van der Waals surface area contributed by atoms with Crippen molar-refractivity contribution in [2.24, 2.45) is 11.8 Å². The van der Waals surface area contributed by atoms with Gasteiger partial charge >= 0.3 is 0 Å². The summed E-state index contributed by atoms with van der Waals surface area (Å²) in [6, 6.07) is 7.22. The van der Waals surface area contributed by atoms with E-state index < -0.39 is 10.0 Å². The summed E-state index contributed by atoms with van der Waals surface area (Å²) in [5.74, 6) is 1.32. The summed E-state index contributed by atoms with van der Waals surface area (Å²) < 4.78 is 27.4. The summed E-state index contributed by atoms with van der Waals surface area (Å²) in [4.78, 5) is 0.385. The predicted octanol–water partition coefficient (Wildman–Crippen LogP) is 2.46. The van der Waals surface area contributed by atoms with Crippen molar-refractivity contribution in [2.75, 3.05) is 0 Å². The van der Waals surface area contributed by atoms with Gasteiger partial charge in [0.25, 0.3) is 0 Å². The maximum absolute atomic E-state index is 12.3. The summed E-state index contributed by atoms with van der Waals surface area (Å²) in [5.41, 5.74) is 1.08. The SMILES string of the molecule is Cc1ccc(S(=O)(=O)N[C@@H]2C[C@H]3CC[C@@H]2C3)cc1. The molecule has 2 aliphatic rings. The van der Waals surface area contributed by atoms with Gasteiger partial charge in [0.05, 0.1) is 4.90 Å². The number of fused-ring (bicyclic) bond motifs is 2. The molecule has 1 aromatic carbocycles. The van der Waals surface area contributed by atoms with Crippen molar-refractivity contribution in [3.05, 3.63) is 29.8 Å². The van der Waals surface area contributed by atoms with Crippen molar-refractivity contribution in [1.82, 2.24) is 4.72 Å². The van der Waals surface area contributed by atoms with E-state index in [0.717, 1.165) is 17.9 Å². The lowest BCUT2D eigenvalue weighted by atomic mass is 9.96. The Morgan fingerprint density at radius 1 is 1.11 bits per heavy atom. The molecule has 1 aromatic rings. The second-order valence-electron chi connectivity index (χ2n) is 5.72. The first-order chi connectivity index (χ1) is 8.54. The van der Waals surface area contributed by atoms with Crippen LogP contribution in [-0.2, 0) is 10.0 Å². The molecule has 0 aromatic heterocycles. The Morgan fingerprint density at radius 3 is 2.39 bits per heavy atom. The Labute approximate surface area is 109 Å². The molecule has 18 heavy (non-hydrogen) atoms. The van der Waals surface area contributed by atoms with Gasteiger partial charge in [0.2, 0.25) is 10.0 Å². The summed E-state index contributed by atoms with van der Waals surface area (Å²) in [6.07, 6.45) is 4.70. The second kappa shape index (κ2) is 4.35. The molecular formula is C14H19NO2S. The number of hydrogen-bond donors (Lipinski definition) is 1. The van der Waals surface area contributed by atoms with Gasteiger partial charge in [-0.1, -0.05) is 24.1 Å². The van der Waals surface area contributed by atoms with E-state index >= 15 is 0 Å². The Kier molecular flexibility index (Phi) is 2.94. The van der Waals surface area contributed by atoms with Crippen LogP contribution in [-0.4, -0.2) is 14.5 Å². The van der Waals surface area contributed by atoms with E-state index in [1.165, 1.54) is 19.3 Å². The molecule has 3 rings (SSSR count). The molecule has 3 atom stereocenters. The standard InChI is InChI=1S/C14H19NO2S/c1-10-2-6-13(7-3-10)18(16,17)15-14-9-11-4-5-12(14)8-11/h2-3,6-7,11-12,14-15H,4-5,8-9H2,1H3/t11-,12+,14+/m0/s1. The molecule has 0 spiro atoms. The van der Waals surface area contributed by atoms with E-state index in [9.17, 15) is 8.42 Å². The zero-order chi connectivity index (χ0) is 12.8. The van der Waals surface area contributed by atoms with Crippen LogP contribution in [0.5, 0.6) is 0 Å². The maximum atomic E-state index is 12.3. The van der Waals surface area contributed by atoms with E-state index in [1.54, 1.807) is 12.1 Å². The summed E-state index contributed by atoms with van der Waals surface area (Å²) in [7, 11) is -3.33. The van der Waals surface area contributed by atoms with Gasteiger partial charge < -0.3 is 0 Å². The topological polar surface area (TPSA) is 46.2 Å². The summed E-state index contributed by atoms with van der Waals surface area (Å²) in [5, 5.41) is 0. The summed E-state index contributed by atoms with van der Waals surface area (Å²) in [6.45, 7) is 1.96. The van der Waals surface area contributed by atoms with Gasteiger partial charge in [-0.2, -0.15) is 0 Å². The van der Waals surface area contributed by atoms with Crippen LogP contribution in [0.15, 0.2) is 29.2 Å². The first-order valence-corrected chi connectivity index (χ1v) is 8.12. The lowest BCUT2D eigenvalue weighted by molar-refractivity contribution is 0.390. The molecule has 1 N–H and O–H groups in total. The third-order valence-electron chi connectivity index (χ3n) is 4.38. The second-order valence-corrected chi connectivity index (χ2v) is 7.43. The van der Waals surface area contributed by atoms with E-state index in [-0.39, 0.29) is 6.04 Å². The monoisotopic (exact) mass is 265 g/mol. The van der Waals surface area contributed by atoms with Crippen molar-refractivity contribution in [2.45, 2.75) is 43.5 Å². The molecule has 0 saturated heterocycles. The van der Waals surface area contributed by atoms with Gasteiger partial charge in [0.1, 0.15) is 0 Å². The Hall–Kier alpha value is -0.870. The first kappa shape index (κ1) is 12.2. The van der Waals surface area contributed by atoms with Crippen molar-refractivity contribution < 1.29 is 8.42 Å². The average molecular weight is 265 g/mol. The first-order valence-electron chi connectivity index (χ1n) is 6.63. The molecule has 0 aliphatic heterocycles. The Bertz CT molecular complexity index is 535. The number of hydrogen-bond acceptors (Lipinski definition) is 2. The fraction of sp³-hybridized carbons (Fsp3) is 0.571. The van der Waals surface area contributed by atoms with Crippen LogP contribution in [0.25, 0.3) is 0 Å². The van der Waals surface area contributed by atoms with Crippen LogP contribution in [0.2, 0.25) is 0 Å². The highest BCUT2D eigenvalue weighted by atomic mass is 32.2. The van der Waals surface area contributed by atoms with E-state index in [4.69, 9.17) is 0 Å². The van der Waals surface area contributed by atoms with E-state index in [1.807, 2.05) is 19.1 Å². The van der Waals surface area contributed by atoms with Gasteiger partial charge in [-0.3, -0.25) is 0 Å². The van der Waals surface area contributed by atoms with Crippen molar-refractivity contribution in [3.8, 4) is 0 Å². The minimum atomic E-state index is -3.33. The molecule has 0 amide bonds. The molecule has 98 valence electrons. The third-order valence-corrected chi connectivity index (χ3v) is 5.88. The molecule has 3 nitrogen and oxygen atoms in total. The van der Waals surface area contributed by atoms with Gasteiger partial charge in [-0.15, -0.1) is 0 Å². The Morgan fingerprint density at radius 2 is 1.83 bits per heavy atom. The van der Waals surface area contributed by atoms with Gasteiger partial charge in [0.15, 0.2) is 0 Å². The number of rotatable bonds is 3. The minimum absolute atomic E-state index is 0.162. The molecule has 2 fully saturated rings. The quantitative estimate of drug-likeness (QED) is 0.912. The number of nitrogens with one attached hydrogen (secondary N) is 1. The normalized spacial score (nSPS) is 30.8. The minimum Gasteiger partial charge on any atom is -0.208 e. The fourth-order valence-electron chi connectivity index (χ4n) is 3.37. The van der Waals surface area contributed by atoms with Crippen LogP contribution in [0.1, 0.15) is 31.2 Å². The number of benzene rings is 1. The molecule has 0 unspecified atom stereocenters. The van der Waals surface area contributed by atoms with Crippen LogP contribution in [0.3, 0.4) is 0 Å². The van der Waals surface area contributed by atoms with Gasteiger partial charge in [-0.05, 0) is 50.2 Å². The average Bonchev–Trinajstić information content (AvgIpc) is 2.91. The number of aryl methyl sites for hydroxylation is 1. The molecule has 4 heteroatoms. The zero-order valence-electron chi connectivity index (χ0n) is 10.6. The van der Waals surface area contributed by atoms with Crippen LogP contribution < -0.4 is 4.72 Å².